The van der Waals surface area contributed by atoms with Gasteiger partial charge in [0.1, 0.15) is 0 Å². The third kappa shape index (κ3) is 5.46. The van der Waals surface area contributed by atoms with E-state index in [0.29, 0.717) is 18.5 Å². The van der Waals surface area contributed by atoms with Gasteiger partial charge in [-0.15, -0.1) is 6.42 Å². The second-order valence-corrected chi connectivity index (χ2v) is 10.1. The summed E-state index contributed by atoms with van der Waals surface area (Å²) in [7, 11) is 0. The van der Waals surface area contributed by atoms with Crippen LogP contribution in [0.25, 0.3) is 10.9 Å². The number of H-pyrrole nitrogens is 1. The zero-order valence-corrected chi connectivity index (χ0v) is 20.8. The first-order chi connectivity index (χ1) is 17.8. The molecular weight excluding hydrogens is 482 g/mol. The van der Waals surface area contributed by atoms with E-state index < -0.39 is 18.8 Å². The highest BCUT2D eigenvalue weighted by Crippen LogP contribution is 2.41. The number of benzene rings is 1. The normalized spacial score (nSPS) is 22.8. The van der Waals surface area contributed by atoms with Crippen molar-refractivity contribution in [3.63, 3.8) is 0 Å². The highest BCUT2D eigenvalue weighted by Gasteiger charge is 2.42. The van der Waals surface area contributed by atoms with E-state index in [1.807, 2.05) is 37.3 Å². The number of nitrogens with one attached hydrogen (secondary N) is 2. The summed E-state index contributed by atoms with van der Waals surface area (Å²) in [5.74, 6) is 2.65. The minimum absolute atomic E-state index is 0.231. The summed E-state index contributed by atoms with van der Waals surface area (Å²) < 4.78 is 53.4. The number of fused-ring (bicyclic) bond motifs is 3. The van der Waals surface area contributed by atoms with Gasteiger partial charge in [-0.3, -0.25) is 14.3 Å². The van der Waals surface area contributed by atoms with Crippen molar-refractivity contribution in [2.45, 2.75) is 50.5 Å². The molecule has 5 nitrogen and oxygen atoms in total. The molecule has 9 heteroatoms. The number of halogens is 4. The highest BCUT2D eigenvalue weighted by atomic mass is 19.4. The molecule has 2 aliphatic rings. The van der Waals surface area contributed by atoms with Gasteiger partial charge in [-0.25, -0.2) is 0 Å². The molecule has 0 saturated carbocycles. The molecular formula is C28H31F4N5. The zero-order chi connectivity index (χ0) is 26.2. The predicted octanol–water partition coefficient (Wildman–Crippen LogP) is 5.29. The molecule has 2 aromatic heterocycles. The van der Waals surface area contributed by atoms with Crippen molar-refractivity contribution in [3.8, 4) is 12.3 Å². The van der Waals surface area contributed by atoms with Crippen LogP contribution in [0.5, 0.6) is 0 Å². The summed E-state index contributed by atoms with van der Waals surface area (Å²) in [5.41, 5.74) is 4.70. The minimum atomic E-state index is -4.34. The average molecular weight is 514 g/mol. The lowest BCUT2D eigenvalue weighted by molar-refractivity contribution is -0.155. The van der Waals surface area contributed by atoms with Crippen LogP contribution in [0, 0.1) is 12.3 Å². The zero-order valence-electron chi connectivity index (χ0n) is 20.8. The van der Waals surface area contributed by atoms with Crippen molar-refractivity contribution < 1.29 is 17.6 Å². The van der Waals surface area contributed by atoms with E-state index >= 15 is 0 Å². The molecule has 3 aromatic rings. The van der Waals surface area contributed by atoms with E-state index in [9.17, 15) is 17.6 Å². The van der Waals surface area contributed by atoms with Crippen LogP contribution in [0.2, 0.25) is 0 Å². The number of terminal acetylenes is 1. The fraction of sp³-hybridized carbons (Fsp3) is 0.464. The Morgan fingerprint density at radius 3 is 2.78 bits per heavy atom. The van der Waals surface area contributed by atoms with E-state index in [-0.39, 0.29) is 18.8 Å². The van der Waals surface area contributed by atoms with Crippen molar-refractivity contribution in [1.82, 2.24) is 19.8 Å². The van der Waals surface area contributed by atoms with Crippen molar-refractivity contribution >= 4 is 16.6 Å². The van der Waals surface area contributed by atoms with Crippen molar-refractivity contribution in [3.05, 3.63) is 59.0 Å². The molecule has 0 radical (unpaired) electrons. The first-order valence-corrected chi connectivity index (χ1v) is 12.7. The van der Waals surface area contributed by atoms with Gasteiger partial charge < -0.3 is 15.2 Å². The second kappa shape index (κ2) is 10.3. The van der Waals surface area contributed by atoms with Gasteiger partial charge in [-0.05, 0) is 62.1 Å². The fourth-order valence-corrected chi connectivity index (χ4v) is 5.74. The minimum Gasteiger partial charge on any atom is -0.380 e. The number of nitrogens with zero attached hydrogens (tertiary/aromatic N) is 3. The van der Waals surface area contributed by atoms with Crippen LogP contribution in [0.1, 0.15) is 48.3 Å². The van der Waals surface area contributed by atoms with Gasteiger partial charge in [-0.1, -0.05) is 5.92 Å². The van der Waals surface area contributed by atoms with E-state index in [2.05, 4.69) is 26.1 Å². The Labute approximate surface area is 214 Å². The number of anilines is 1. The van der Waals surface area contributed by atoms with Crippen molar-refractivity contribution in [2.24, 2.45) is 0 Å². The molecule has 1 saturated heterocycles. The third-order valence-electron chi connectivity index (χ3n) is 7.46. The van der Waals surface area contributed by atoms with Gasteiger partial charge in [0.25, 0.3) is 0 Å². The van der Waals surface area contributed by atoms with Crippen LogP contribution >= 0.6 is 0 Å². The molecule has 2 aliphatic heterocycles. The Bertz CT molecular complexity index is 1280. The lowest BCUT2D eigenvalue weighted by Crippen LogP contribution is -2.47. The first kappa shape index (κ1) is 25.6. The molecule has 0 spiro atoms. The van der Waals surface area contributed by atoms with Crippen molar-refractivity contribution in [1.29, 1.82) is 0 Å². The lowest BCUT2D eigenvalue weighted by Gasteiger charge is -2.40. The van der Waals surface area contributed by atoms with Gasteiger partial charge in [-0.2, -0.15) is 13.2 Å². The molecule has 2 N–H and O–H groups in total. The number of hydrogen-bond donors (Lipinski definition) is 2. The predicted molar refractivity (Wildman–Crippen MR) is 137 cm³/mol. The van der Waals surface area contributed by atoms with Gasteiger partial charge in [0, 0.05) is 53.9 Å². The van der Waals surface area contributed by atoms with Crippen LogP contribution in [0.3, 0.4) is 0 Å². The maximum Gasteiger partial charge on any atom is 0.401 e. The van der Waals surface area contributed by atoms with E-state index in [1.54, 1.807) is 6.20 Å². The Hall–Kier alpha value is -3.09. The van der Waals surface area contributed by atoms with Crippen LogP contribution in [-0.2, 0) is 6.42 Å². The summed E-state index contributed by atoms with van der Waals surface area (Å²) in [6, 6.07) is 8.55. The molecule has 0 aliphatic carbocycles. The van der Waals surface area contributed by atoms with Gasteiger partial charge in [0.05, 0.1) is 36.8 Å². The number of likely N-dealkylation sites (tertiary alicyclic amines) is 1. The molecule has 196 valence electrons. The summed E-state index contributed by atoms with van der Waals surface area (Å²) in [6.45, 7) is 2.99. The molecule has 4 heterocycles. The average Bonchev–Trinajstić information content (AvgIpc) is 3.46. The lowest BCUT2D eigenvalue weighted by atomic mass is 9.90. The summed E-state index contributed by atoms with van der Waals surface area (Å²) in [6.07, 6.45) is 4.92. The molecule has 0 amide bonds. The molecule has 5 rings (SSSR count). The Balaban J connectivity index is 1.44. The first-order valence-electron chi connectivity index (χ1n) is 12.7. The Kier molecular flexibility index (Phi) is 7.15. The number of aromatic amines is 1. The molecule has 3 unspecified atom stereocenters. The highest BCUT2D eigenvalue weighted by molar-refractivity contribution is 5.86. The second-order valence-electron chi connectivity index (χ2n) is 10.1. The number of pyridine rings is 1. The molecule has 3 atom stereocenters. The maximum absolute atomic E-state index is 13.7. The molecule has 1 aromatic carbocycles. The maximum atomic E-state index is 13.7. The van der Waals surface area contributed by atoms with Gasteiger partial charge >= 0.3 is 6.18 Å². The number of alkyl halides is 4. The van der Waals surface area contributed by atoms with Crippen LogP contribution in [0.15, 0.2) is 36.5 Å². The van der Waals surface area contributed by atoms with Gasteiger partial charge in [0.15, 0.2) is 0 Å². The van der Waals surface area contributed by atoms with Crippen LogP contribution in [0.4, 0.5) is 23.2 Å². The quantitative estimate of drug-likeness (QED) is 0.333. The van der Waals surface area contributed by atoms with Crippen molar-refractivity contribution in [2.75, 3.05) is 38.2 Å². The monoisotopic (exact) mass is 513 g/mol. The third-order valence-corrected chi connectivity index (χ3v) is 7.46. The van der Waals surface area contributed by atoms with Crippen LogP contribution < -0.4 is 5.32 Å². The van der Waals surface area contributed by atoms with E-state index in [4.69, 9.17) is 6.42 Å². The summed E-state index contributed by atoms with van der Waals surface area (Å²) in [4.78, 5) is 11.7. The van der Waals surface area contributed by atoms with Crippen LogP contribution in [-0.4, -0.2) is 70.9 Å². The van der Waals surface area contributed by atoms with Gasteiger partial charge in [0.2, 0.25) is 0 Å². The number of hydrogen-bond acceptors (Lipinski definition) is 4. The Morgan fingerprint density at radius 1 is 1.24 bits per heavy atom. The molecule has 1 fully saturated rings. The Morgan fingerprint density at radius 2 is 2.08 bits per heavy atom. The van der Waals surface area contributed by atoms with E-state index in [1.165, 1.54) is 4.90 Å². The fourth-order valence-electron chi connectivity index (χ4n) is 5.74. The molecule has 37 heavy (non-hydrogen) atoms. The largest absolute Gasteiger partial charge is 0.401 e. The summed E-state index contributed by atoms with van der Waals surface area (Å²) in [5, 5.41) is 4.42. The number of rotatable bonds is 7. The topological polar surface area (TPSA) is 47.2 Å². The smallest absolute Gasteiger partial charge is 0.380 e. The SMILES string of the molecule is C#Cc1ccc2[nH]c3c(c2c1)CC(C)N(CC(F)(F)F)C3c1ccc(NC2CCN(CCCF)C2)cn1. The number of aromatic nitrogens is 2. The standard InChI is InChI=1S/C28H31F4N5/c1-3-19-5-7-24-22(14-19)23-13-18(2)37(17-28(30,31)32)27(26(23)35-24)25-8-6-20(15-33-25)34-21-9-12-36(16-21)11-4-10-29/h1,5-8,14-15,18,21,27,34-35H,4,9-13,16-17H2,2H3. The van der Waals surface area contributed by atoms with E-state index in [0.717, 1.165) is 59.5 Å². The molecule has 0 bridgehead atoms. The summed E-state index contributed by atoms with van der Waals surface area (Å²) >= 11 is 0.